The van der Waals surface area contributed by atoms with Crippen molar-refractivity contribution in [1.82, 2.24) is 9.55 Å². The van der Waals surface area contributed by atoms with Gasteiger partial charge in [-0.05, 0) is 47.8 Å². The van der Waals surface area contributed by atoms with Crippen molar-refractivity contribution in [2.75, 3.05) is 0 Å². The van der Waals surface area contributed by atoms with Crippen LogP contribution in [0.5, 0.6) is 5.75 Å². The Morgan fingerprint density at radius 3 is 2.52 bits per heavy atom. The van der Waals surface area contributed by atoms with Gasteiger partial charge in [0.1, 0.15) is 11.6 Å². The zero-order valence-electron chi connectivity index (χ0n) is 11.1. The number of thiophene rings is 1. The Morgan fingerprint density at radius 1 is 0.952 bits per heavy atom. The average molecular weight is 292 g/mol. The summed E-state index contributed by atoms with van der Waals surface area (Å²) in [6.45, 7) is 0. The molecule has 2 aromatic carbocycles. The van der Waals surface area contributed by atoms with Crippen LogP contribution in [0.1, 0.15) is 0 Å². The van der Waals surface area contributed by atoms with Crippen molar-refractivity contribution in [3.63, 3.8) is 0 Å². The van der Waals surface area contributed by atoms with E-state index in [0.717, 1.165) is 28.1 Å². The molecule has 0 aliphatic rings. The molecule has 4 rings (SSSR count). The predicted molar refractivity (Wildman–Crippen MR) is 86.0 cm³/mol. The first kappa shape index (κ1) is 12.2. The Kier molecular flexibility index (Phi) is 2.75. The van der Waals surface area contributed by atoms with E-state index in [1.165, 1.54) is 0 Å². The zero-order valence-corrected chi connectivity index (χ0v) is 11.9. The van der Waals surface area contributed by atoms with Crippen LogP contribution in [0.15, 0.2) is 65.4 Å². The number of hydrogen-bond donors (Lipinski definition) is 1. The minimum absolute atomic E-state index is 0.264. The molecule has 0 spiro atoms. The molecule has 0 atom stereocenters. The summed E-state index contributed by atoms with van der Waals surface area (Å²) >= 11 is 1.66. The minimum atomic E-state index is 0.264. The molecule has 0 aliphatic carbocycles. The van der Waals surface area contributed by atoms with E-state index >= 15 is 0 Å². The topological polar surface area (TPSA) is 38.0 Å². The molecule has 4 heteroatoms. The highest BCUT2D eigenvalue weighted by Crippen LogP contribution is 2.30. The number of benzene rings is 2. The lowest BCUT2D eigenvalue weighted by molar-refractivity contribution is 0.475. The number of phenols is 1. The summed E-state index contributed by atoms with van der Waals surface area (Å²) in [7, 11) is 0. The molecule has 4 aromatic rings. The highest BCUT2D eigenvalue weighted by molar-refractivity contribution is 7.08. The molecule has 3 nitrogen and oxygen atoms in total. The molecule has 0 unspecified atom stereocenters. The molecule has 0 saturated heterocycles. The quantitative estimate of drug-likeness (QED) is 0.592. The van der Waals surface area contributed by atoms with E-state index < -0.39 is 0 Å². The van der Waals surface area contributed by atoms with Crippen LogP contribution >= 0.6 is 11.3 Å². The fourth-order valence-corrected chi connectivity index (χ4v) is 3.11. The maximum Gasteiger partial charge on any atom is 0.146 e. The first-order chi connectivity index (χ1) is 10.3. The van der Waals surface area contributed by atoms with E-state index in [-0.39, 0.29) is 5.75 Å². The smallest absolute Gasteiger partial charge is 0.146 e. The Balaban J connectivity index is 2.05. The molecular formula is C17H12N2OS. The summed E-state index contributed by atoms with van der Waals surface area (Å²) in [6, 6.07) is 17.4. The number of hydrogen-bond acceptors (Lipinski definition) is 3. The molecule has 2 aromatic heterocycles. The van der Waals surface area contributed by atoms with Crippen LogP contribution in [-0.4, -0.2) is 14.7 Å². The van der Waals surface area contributed by atoms with E-state index in [2.05, 4.69) is 27.5 Å². The maximum atomic E-state index is 9.50. The maximum absolute atomic E-state index is 9.50. The van der Waals surface area contributed by atoms with Gasteiger partial charge in [0.2, 0.25) is 0 Å². The Morgan fingerprint density at radius 2 is 1.76 bits per heavy atom. The highest BCUT2D eigenvalue weighted by Gasteiger charge is 2.14. The van der Waals surface area contributed by atoms with E-state index in [0.29, 0.717) is 0 Å². The third-order valence-corrected chi connectivity index (χ3v) is 4.13. The molecule has 0 radical (unpaired) electrons. The first-order valence-corrected chi connectivity index (χ1v) is 7.57. The Labute approximate surface area is 125 Å². The summed E-state index contributed by atoms with van der Waals surface area (Å²) in [6.07, 6.45) is 0. The normalized spacial score (nSPS) is 11.0. The molecule has 0 bridgehead atoms. The van der Waals surface area contributed by atoms with Crippen LogP contribution in [0.25, 0.3) is 28.1 Å². The summed E-state index contributed by atoms with van der Waals surface area (Å²) in [5.41, 5.74) is 4.11. The molecule has 102 valence electrons. The Hall–Kier alpha value is -2.59. The SMILES string of the molecule is Oc1ccc(-n2c(-c3ccsc3)nc3ccccc32)cc1. The van der Waals surface area contributed by atoms with E-state index in [1.807, 2.05) is 30.3 Å². The molecule has 0 amide bonds. The van der Waals surface area contributed by atoms with Gasteiger partial charge < -0.3 is 5.11 Å². The molecule has 2 heterocycles. The lowest BCUT2D eigenvalue weighted by atomic mass is 10.2. The van der Waals surface area contributed by atoms with Gasteiger partial charge in [0, 0.05) is 16.6 Å². The van der Waals surface area contributed by atoms with Gasteiger partial charge in [0.25, 0.3) is 0 Å². The number of para-hydroxylation sites is 2. The van der Waals surface area contributed by atoms with Crippen molar-refractivity contribution >= 4 is 22.4 Å². The second-order valence-electron chi connectivity index (χ2n) is 4.79. The standard InChI is InChI=1S/C17H12N2OS/c20-14-7-5-13(6-8-14)19-16-4-2-1-3-15(16)18-17(19)12-9-10-21-11-12/h1-11,20H. The fourth-order valence-electron chi connectivity index (χ4n) is 2.47. The first-order valence-electron chi connectivity index (χ1n) is 6.62. The van der Waals surface area contributed by atoms with Gasteiger partial charge in [-0.25, -0.2) is 4.98 Å². The summed E-state index contributed by atoms with van der Waals surface area (Å²) < 4.78 is 2.12. The summed E-state index contributed by atoms with van der Waals surface area (Å²) in [5.74, 6) is 1.18. The highest BCUT2D eigenvalue weighted by atomic mass is 32.1. The van der Waals surface area contributed by atoms with Gasteiger partial charge in [-0.3, -0.25) is 4.57 Å². The van der Waals surface area contributed by atoms with Crippen LogP contribution in [-0.2, 0) is 0 Å². The second kappa shape index (κ2) is 4.75. The lowest BCUT2D eigenvalue weighted by Crippen LogP contribution is -1.96. The number of rotatable bonds is 2. The van der Waals surface area contributed by atoms with Gasteiger partial charge in [-0.15, -0.1) is 0 Å². The van der Waals surface area contributed by atoms with Crippen LogP contribution < -0.4 is 0 Å². The zero-order chi connectivity index (χ0) is 14.2. The molecule has 0 fully saturated rings. The van der Waals surface area contributed by atoms with Crippen molar-refractivity contribution in [1.29, 1.82) is 0 Å². The van der Waals surface area contributed by atoms with Crippen molar-refractivity contribution in [3.05, 3.63) is 65.4 Å². The second-order valence-corrected chi connectivity index (χ2v) is 5.57. The van der Waals surface area contributed by atoms with Gasteiger partial charge in [0.15, 0.2) is 0 Å². The predicted octanol–water partition coefficient (Wildman–Crippen LogP) is 4.46. The van der Waals surface area contributed by atoms with Gasteiger partial charge >= 0.3 is 0 Å². The Bertz CT molecular complexity index is 892. The number of phenolic OH excluding ortho intramolecular Hbond substituents is 1. The minimum Gasteiger partial charge on any atom is -0.508 e. The van der Waals surface area contributed by atoms with Crippen molar-refractivity contribution < 1.29 is 5.11 Å². The van der Waals surface area contributed by atoms with Gasteiger partial charge in [-0.1, -0.05) is 12.1 Å². The van der Waals surface area contributed by atoms with Crippen LogP contribution in [0.4, 0.5) is 0 Å². The van der Waals surface area contributed by atoms with Crippen molar-refractivity contribution in [2.24, 2.45) is 0 Å². The molecule has 1 N–H and O–H groups in total. The molecule has 0 saturated carbocycles. The largest absolute Gasteiger partial charge is 0.508 e. The molecule has 21 heavy (non-hydrogen) atoms. The average Bonchev–Trinajstić information content (AvgIpc) is 3.15. The van der Waals surface area contributed by atoms with E-state index in [9.17, 15) is 5.11 Å². The third-order valence-electron chi connectivity index (χ3n) is 3.45. The number of fused-ring (bicyclic) bond motifs is 1. The number of aromatic nitrogens is 2. The molecular weight excluding hydrogens is 280 g/mol. The summed E-state index contributed by atoms with van der Waals surface area (Å²) in [4.78, 5) is 4.76. The van der Waals surface area contributed by atoms with Crippen LogP contribution in [0, 0.1) is 0 Å². The number of nitrogens with zero attached hydrogens (tertiary/aromatic N) is 2. The lowest BCUT2D eigenvalue weighted by Gasteiger charge is -2.08. The van der Waals surface area contributed by atoms with E-state index in [1.54, 1.807) is 23.5 Å². The van der Waals surface area contributed by atoms with Crippen LogP contribution in [0.2, 0.25) is 0 Å². The fraction of sp³-hybridized carbons (Fsp3) is 0. The monoisotopic (exact) mass is 292 g/mol. The van der Waals surface area contributed by atoms with Gasteiger partial charge in [-0.2, -0.15) is 11.3 Å². The van der Waals surface area contributed by atoms with Crippen LogP contribution in [0.3, 0.4) is 0 Å². The van der Waals surface area contributed by atoms with E-state index in [4.69, 9.17) is 4.98 Å². The van der Waals surface area contributed by atoms with Crippen molar-refractivity contribution in [2.45, 2.75) is 0 Å². The van der Waals surface area contributed by atoms with Gasteiger partial charge in [0.05, 0.1) is 11.0 Å². The third kappa shape index (κ3) is 2.00. The molecule has 0 aliphatic heterocycles. The summed E-state index contributed by atoms with van der Waals surface area (Å²) in [5, 5.41) is 13.6. The number of imidazole rings is 1. The van der Waals surface area contributed by atoms with Crippen molar-refractivity contribution in [3.8, 4) is 22.8 Å². The number of aromatic hydroxyl groups is 1.